The Hall–Kier alpha value is -2.14. The first-order chi connectivity index (χ1) is 10.8. The topological polar surface area (TPSA) is 44.1 Å². The number of hydrogen-bond donors (Lipinski definition) is 0. The highest BCUT2D eigenvalue weighted by molar-refractivity contribution is 9.10. The summed E-state index contributed by atoms with van der Waals surface area (Å²) < 4.78 is 8.06. The fourth-order valence-corrected chi connectivity index (χ4v) is 2.58. The maximum Gasteiger partial charge on any atom is 0.420 e. The summed E-state index contributed by atoms with van der Waals surface area (Å²) in [6.45, 7) is 5.55. The van der Waals surface area contributed by atoms with E-state index in [0.717, 1.165) is 21.1 Å². The molecule has 0 aliphatic carbocycles. The lowest BCUT2D eigenvalue weighted by Crippen LogP contribution is -2.27. The van der Waals surface area contributed by atoms with Crippen LogP contribution < -0.4 is 0 Å². The van der Waals surface area contributed by atoms with Gasteiger partial charge in [0.25, 0.3) is 0 Å². The van der Waals surface area contributed by atoms with Gasteiger partial charge in [0.1, 0.15) is 5.60 Å². The number of carbonyl (C=O) groups excluding carboxylic acids is 1. The lowest BCUT2D eigenvalue weighted by Gasteiger charge is -2.20. The smallest absolute Gasteiger partial charge is 0.420 e. The van der Waals surface area contributed by atoms with Crippen molar-refractivity contribution in [2.75, 3.05) is 0 Å². The van der Waals surface area contributed by atoms with Gasteiger partial charge in [-0.3, -0.25) is 0 Å². The van der Waals surface area contributed by atoms with Crippen molar-refractivity contribution in [2.45, 2.75) is 26.4 Å². The van der Waals surface area contributed by atoms with Crippen molar-refractivity contribution in [1.29, 1.82) is 0 Å². The van der Waals surface area contributed by atoms with Gasteiger partial charge in [-0.15, -0.1) is 0 Å². The molecule has 2 aromatic carbocycles. The fourth-order valence-electron chi connectivity index (χ4n) is 2.31. The van der Waals surface area contributed by atoms with Crippen LogP contribution in [0, 0.1) is 0 Å². The Morgan fingerprint density at radius 1 is 1.09 bits per heavy atom. The number of rotatable bonds is 1. The van der Waals surface area contributed by atoms with E-state index in [-0.39, 0.29) is 0 Å². The van der Waals surface area contributed by atoms with E-state index >= 15 is 0 Å². The number of benzene rings is 2. The third-order valence-electron chi connectivity index (χ3n) is 3.24. The molecule has 1 aromatic heterocycles. The minimum atomic E-state index is -0.570. The SMILES string of the molecule is CC(C)(C)OC(=O)n1c(-c2ccc(Br)cc2)nc2ccccc21. The Kier molecular flexibility index (Phi) is 3.98. The first-order valence-corrected chi connectivity index (χ1v) is 8.11. The molecule has 5 heteroatoms. The summed E-state index contributed by atoms with van der Waals surface area (Å²) in [4.78, 5) is 17.3. The first-order valence-electron chi connectivity index (χ1n) is 7.32. The highest BCUT2D eigenvalue weighted by Gasteiger charge is 2.23. The average Bonchev–Trinajstić information content (AvgIpc) is 2.85. The number of imidazole rings is 1. The number of ether oxygens (including phenoxy) is 1. The molecular weight excluding hydrogens is 356 g/mol. The predicted octanol–water partition coefficient (Wildman–Crippen LogP) is 5.25. The summed E-state index contributed by atoms with van der Waals surface area (Å²) in [5.41, 5.74) is 1.78. The maximum absolute atomic E-state index is 12.7. The fraction of sp³-hybridized carbons (Fsp3) is 0.222. The quantitative estimate of drug-likeness (QED) is 0.585. The number of para-hydroxylation sites is 2. The summed E-state index contributed by atoms with van der Waals surface area (Å²) in [6, 6.07) is 15.2. The summed E-state index contributed by atoms with van der Waals surface area (Å²) in [5, 5.41) is 0. The zero-order chi connectivity index (χ0) is 16.6. The van der Waals surface area contributed by atoms with Crippen LogP contribution in [0.2, 0.25) is 0 Å². The molecule has 3 rings (SSSR count). The van der Waals surface area contributed by atoms with Crippen molar-refractivity contribution < 1.29 is 9.53 Å². The molecule has 0 amide bonds. The molecule has 0 saturated carbocycles. The van der Waals surface area contributed by atoms with Crippen LogP contribution in [0.3, 0.4) is 0 Å². The molecule has 0 aliphatic rings. The van der Waals surface area contributed by atoms with Gasteiger partial charge in [-0.25, -0.2) is 14.3 Å². The van der Waals surface area contributed by atoms with Crippen molar-refractivity contribution in [3.05, 3.63) is 53.0 Å². The van der Waals surface area contributed by atoms with E-state index in [2.05, 4.69) is 20.9 Å². The molecule has 1 heterocycles. The third kappa shape index (κ3) is 3.29. The standard InChI is InChI=1S/C18H17BrN2O2/c1-18(2,3)23-17(22)21-15-7-5-4-6-14(15)20-16(21)12-8-10-13(19)11-9-12/h4-11H,1-3H3. The minimum absolute atomic E-state index is 0.427. The number of fused-ring (bicyclic) bond motifs is 1. The number of hydrogen-bond acceptors (Lipinski definition) is 3. The van der Waals surface area contributed by atoms with Crippen molar-refractivity contribution >= 4 is 33.1 Å². The van der Waals surface area contributed by atoms with Gasteiger partial charge in [-0.05, 0) is 45.0 Å². The molecule has 0 atom stereocenters. The lowest BCUT2D eigenvalue weighted by molar-refractivity contribution is 0.0546. The van der Waals surface area contributed by atoms with Crippen molar-refractivity contribution in [3.63, 3.8) is 0 Å². The molecular formula is C18H17BrN2O2. The van der Waals surface area contributed by atoms with Gasteiger partial charge in [0, 0.05) is 10.0 Å². The Morgan fingerprint density at radius 3 is 2.39 bits per heavy atom. The number of carbonyl (C=O) groups is 1. The van der Waals surface area contributed by atoms with Gasteiger partial charge in [-0.1, -0.05) is 40.2 Å². The van der Waals surface area contributed by atoms with Crippen LogP contribution in [0.15, 0.2) is 53.0 Å². The van der Waals surface area contributed by atoms with Gasteiger partial charge in [0.15, 0.2) is 5.82 Å². The second-order valence-corrected chi connectivity index (χ2v) is 7.16. The Labute approximate surface area is 143 Å². The van der Waals surface area contributed by atoms with Crippen LogP contribution in [0.4, 0.5) is 4.79 Å². The third-order valence-corrected chi connectivity index (χ3v) is 3.77. The Balaban J connectivity index is 2.19. The van der Waals surface area contributed by atoms with Gasteiger partial charge in [-0.2, -0.15) is 0 Å². The average molecular weight is 373 g/mol. The monoisotopic (exact) mass is 372 g/mol. The van der Waals surface area contributed by atoms with Crippen LogP contribution in [0.5, 0.6) is 0 Å². The zero-order valence-corrected chi connectivity index (χ0v) is 14.8. The van der Waals surface area contributed by atoms with Crippen LogP contribution in [-0.4, -0.2) is 21.2 Å². The van der Waals surface area contributed by atoms with Crippen molar-refractivity contribution in [3.8, 4) is 11.4 Å². The molecule has 0 aliphatic heterocycles. The van der Waals surface area contributed by atoms with E-state index in [9.17, 15) is 4.79 Å². The van der Waals surface area contributed by atoms with Crippen LogP contribution in [0.1, 0.15) is 20.8 Å². The molecule has 0 radical (unpaired) electrons. The number of aromatic nitrogens is 2. The van der Waals surface area contributed by atoms with Crippen LogP contribution >= 0.6 is 15.9 Å². The van der Waals surface area contributed by atoms with E-state index in [0.29, 0.717) is 5.82 Å². The van der Waals surface area contributed by atoms with Crippen molar-refractivity contribution in [2.24, 2.45) is 0 Å². The van der Waals surface area contributed by atoms with Crippen molar-refractivity contribution in [1.82, 2.24) is 9.55 Å². The second-order valence-electron chi connectivity index (χ2n) is 6.25. The highest BCUT2D eigenvalue weighted by atomic mass is 79.9. The second kappa shape index (κ2) is 5.81. The van der Waals surface area contributed by atoms with Crippen LogP contribution in [-0.2, 0) is 4.74 Å². The number of nitrogens with zero attached hydrogens (tertiary/aromatic N) is 2. The molecule has 4 nitrogen and oxygen atoms in total. The summed E-state index contributed by atoms with van der Waals surface area (Å²) in [5.74, 6) is 0.577. The molecule has 0 unspecified atom stereocenters. The summed E-state index contributed by atoms with van der Waals surface area (Å²) >= 11 is 3.42. The molecule has 0 N–H and O–H groups in total. The Morgan fingerprint density at radius 2 is 1.74 bits per heavy atom. The van der Waals surface area contributed by atoms with E-state index < -0.39 is 11.7 Å². The van der Waals surface area contributed by atoms with E-state index in [1.165, 1.54) is 4.57 Å². The summed E-state index contributed by atoms with van der Waals surface area (Å²) in [7, 11) is 0. The molecule has 0 bridgehead atoms. The van der Waals surface area contributed by atoms with Crippen LogP contribution in [0.25, 0.3) is 22.4 Å². The maximum atomic E-state index is 12.7. The summed E-state index contributed by atoms with van der Waals surface area (Å²) in [6.07, 6.45) is -0.427. The normalized spacial score (nSPS) is 11.7. The highest BCUT2D eigenvalue weighted by Crippen LogP contribution is 2.27. The largest absolute Gasteiger partial charge is 0.443 e. The molecule has 3 aromatic rings. The molecule has 0 saturated heterocycles. The zero-order valence-electron chi connectivity index (χ0n) is 13.2. The molecule has 0 spiro atoms. The Bertz CT molecular complexity index is 861. The van der Waals surface area contributed by atoms with E-state index in [4.69, 9.17) is 4.74 Å². The predicted molar refractivity (Wildman–Crippen MR) is 94.5 cm³/mol. The first kappa shape index (κ1) is 15.7. The van der Waals surface area contributed by atoms with Gasteiger partial charge < -0.3 is 4.74 Å². The molecule has 0 fully saturated rings. The van der Waals surface area contributed by atoms with Gasteiger partial charge in [0.2, 0.25) is 0 Å². The lowest BCUT2D eigenvalue weighted by atomic mass is 10.2. The minimum Gasteiger partial charge on any atom is -0.443 e. The number of halogens is 1. The van der Waals surface area contributed by atoms with Gasteiger partial charge in [0.05, 0.1) is 11.0 Å². The molecule has 118 valence electrons. The molecule has 23 heavy (non-hydrogen) atoms. The van der Waals surface area contributed by atoms with Gasteiger partial charge >= 0.3 is 6.09 Å². The van der Waals surface area contributed by atoms with E-state index in [1.807, 2.05) is 69.3 Å². The van der Waals surface area contributed by atoms with E-state index in [1.54, 1.807) is 0 Å².